The van der Waals surface area contributed by atoms with Gasteiger partial charge in [0.2, 0.25) is 0 Å². The number of hydrogen-bond donors (Lipinski definition) is 1. The van der Waals surface area contributed by atoms with Crippen LogP contribution in [0.2, 0.25) is 0 Å². The molecule has 2 aromatic carbocycles. The molecule has 1 atom stereocenters. The second kappa shape index (κ2) is 7.09. The molecule has 0 aliphatic carbocycles. The number of carbonyl (C=O) groups excluding carboxylic acids is 1. The number of benzene rings is 2. The molecule has 0 amide bonds. The average Bonchev–Trinajstić information content (AvgIpc) is 2.51. The standard InChI is InChI=1S/C17H13F3O3S/c1-10(21)24-15(16(22)23)12-8-6-11(7-9-12)13-4-2-3-5-14(13)17(18,19)20/h2-9,15H,1H3,(H,22,23). The normalized spacial score (nSPS) is 12.7. The number of aliphatic carboxylic acids is 1. The van der Waals surface area contributed by atoms with Crippen LogP contribution >= 0.6 is 11.8 Å². The van der Waals surface area contributed by atoms with E-state index in [-0.39, 0.29) is 10.7 Å². The lowest BCUT2D eigenvalue weighted by Crippen LogP contribution is -2.10. The Morgan fingerprint density at radius 1 is 1.04 bits per heavy atom. The first-order chi connectivity index (χ1) is 11.2. The number of hydrogen-bond acceptors (Lipinski definition) is 3. The Morgan fingerprint density at radius 3 is 2.12 bits per heavy atom. The molecule has 0 saturated heterocycles. The smallest absolute Gasteiger partial charge is 0.417 e. The molecular formula is C17H13F3O3S. The number of alkyl halides is 3. The minimum absolute atomic E-state index is 0.0163. The van der Waals surface area contributed by atoms with Crippen molar-refractivity contribution < 1.29 is 27.9 Å². The van der Waals surface area contributed by atoms with Crippen molar-refractivity contribution in [1.82, 2.24) is 0 Å². The lowest BCUT2D eigenvalue weighted by atomic mass is 9.98. The van der Waals surface area contributed by atoms with Gasteiger partial charge < -0.3 is 5.11 Å². The molecule has 3 nitrogen and oxygen atoms in total. The Labute approximate surface area is 140 Å². The Bertz CT molecular complexity index is 754. The van der Waals surface area contributed by atoms with E-state index >= 15 is 0 Å². The van der Waals surface area contributed by atoms with Crippen LogP contribution in [0.1, 0.15) is 23.3 Å². The summed E-state index contributed by atoms with van der Waals surface area (Å²) in [5.41, 5.74) is -0.0760. The maximum atomic E-state index is 13.1. The van der Waals surface area contributed by atoms with E-state index in [0.717, 1.165) is 6.07 Å². The van der Waals surface area contributed by atoms with Crippen LogP contribution in [0.15, 0.2) is 48.5 Å². The molecule has 0 heterocycles. The minimum atomic E-state index is -4.48. The van der Waals surface area contributed by atoms with Gasteiger partial charge in [-0.25, -0.2) is 0 Å². The second-order valence-corrected chi connectivity index (χ2v) is 6.28. The van der Waals surface area contributed by atoms with Crippen LogP contribution in [0, 0.1) is 0 Å². The van der Waals surface area contributed by atoms with Crippen molar-refractivity contribution in [3.63, 3.8) is 0 Å². The number of carboxylic acid groups (broad SMARTS) is 1. The van der Waals surface area contributed by atoms with Gasteiger partial charge in [-0.2, -0.15) is 13.2 Å². The third kappa shape index (κ3) is 4.17. The van der Waals surface area contributed by atoms with Crippen LogP contribution < -0.4 is 0 Å². The number of carboxylic acids is 1. The molecule has 0 bridgehead atoms. The van der Waals surface area contributed by atoms with Crippen LogP contribution in [-0.4, -0.2) is 16.2 Å². The van der Waals surface area contributed by atoms with Gasteiger partial charge in [0.15, 0.2) is 5.12 Å². The summed E-state index contributed by atoms with van der Waals surface area (Å²) in [6.07, 6.45) is -4.48. The molecule has 0 radical (unpaired) electrons. The van der Waals surface area contributed by atoms with Crippen LogP contribution in [0.4, 0.5) is 13.2 Å². The van der Waals surface area contributed by atoms with Crippen molar-refractivity contribution in [3.05, 3.63) is 59.7 Å². The van der Waals surface area contributed by atoms with Gasteiger partial charge in [0, 0.05) is 6.92 Å². The summed E-state index contributed by atoms with van der Waals surface area (Å²) >= 11 is 0.651. The van der Waals surface area contributed by atoms with Gasteiger partial charge in [0.1, 0.15) is 5.25 Å². The van der Waals surface area contributed by atoms with Crippen molar-refractivity contribution in [2.24, 2.45) is 0 Å². The summed E-state index contributed by atoms with van der Waals surface area (Å²) in [5, 5.41) is 7.75. The highest BCUT2D eigenvalue weighted by atomic mass is 32.2. The average molecular weight is 354 g/mol. The Morgan fingerprint density at radius 2 is 1.62 bits per heavy atom. The first kappa shape index (κ1) is 18.1. The van der Waals surface area contributed by atoms with Crippen molar-refractivity contribution in [2.45, 2.75) is 18.3 Å². The van der Waals surface area contributed by atoms with Crippen molar-refractivity contribution in [3.8, 4) is 11.1 Å². The highest BCUT2D eigenvalue weighted by Crippen LogP contribution is 2.38. The van der Waals surface area contributed by atoms with Gasteiger partial charge in [-0.3, -0.25) is 9.59 Å². The van der Waals surface area contributed by atoms with Crippen LogP contribution in [0.5, 0.6) is 0 Å². The fourth-order valence-electron chi connectivity index (χ4n) is 2.25. The molecule has 0 spiro atoms. The fraction of sp³-hybridized carbons (Fsp3) is 0.176. The maximum absolute atomic E-state index is 13.1. The summed E-state index contributed by atoms with van der Waals surface area (Å²) in [7, 11) is 0. The lowest BCUT2D eigenvalue weighted by molar-refractivity contribution is -0.137. The largest absolute Gasteiger partial charge is 0.480 e. The number of thioether (sulfide) groups is 1. The zero-order chi connectivity index (χ0) is 17.9. The Kier molecular flexibility index (Phi) is 5.33. The predicted molar refractivity (Wildman–Crippen MR) is 85.5 cm³/mol. The summed E-state index contributed by atoms with van der Waals surface area (Å²) < 4.78 is 39.2. The predicted octanol–water partition coefficient (Wildman–Crippen LogP) is 4.78. The van der Waals surface area contributed by atoms with E-state index in [1.54, 1.807) is 0 Å². The molecule has 1 N–H and O–H groups in total. The van der Waals surface area contributed by atoms with E-state index < -0.39 is 23.0 Å². The van der Waals surface area contributed by atoms with E-state index in [1.807, 2.05) is 0 Å². The topological polar surface area (TPSA) is 54.4 Å². The second-order valence-electron chi connectivity index (χ2n) is 4.99. The van der Waals surface area contributed by atoms with E-state index in [4.69, 9.17) is 0 Å². The zero-order valence-electron chi connectivity index (χ0n) is 12.5. The van der Waals surface area contributed by atoms with Gasteiger partial charge in [-0.05, 0) is 22.8 Å². The van der Waals surface area contributed by atoms with Crippen molar-refractivity contribution in [2.75, 3.05) is 0 Å². The Hall–Kier alpha value is -2.28. The third-order valence-electron chi connectivity index (χ3n) is 3.27. The van der Waals surface area contributed by atoms with Gasteiger partial charge in [0.25, 0.3) is 0 Å². The molecule has 7 heteroatoms. The molecule has 24 heavy (non-hydrogen) atoms. The monoisotopic (exact) mass is 354 g/mol. The van der Waals surface area contributed by atoms with E-state index in [2.05, 4.69) is 0 Å². The van der Waals surface area contributed by atoms with Gasteiger partial charge in [-0.15, -0.1) is 0 Å². The highest BCUT2D eigenvalue weighted by Gasteiger charge is 2.33. The van der Waals surface area contributed by atoms with Crippen LogP contribution in [0.25, 0.3) is 11.1 Å². The first-order valence-electron chi connectivity index (χ1n) is 6.86. The minimum Gasteiger partial charge on any atom is -0.480 e. The summed E-state index contributed by atoms with van der Waals surface area (Å²) in [6, 6.07) is 10.9. The molecule has 126 valence electrons. The third-order valence-corrected chi connectivity index (χ3v) is 4.31. The summed E-state index contributed by atoms with van der Waals surface area (Å²) in [4.78, 5) is 22.4. The van der Waals surface area contributed by atoms with Crippen molar-refractivity contribution >= 4 is 22.8 Å². The van der Waals surface area contributed by atoms with Crippen LogP contribution in [0.3, 0.4) is 0 Å². The molecule has 2 rings (SSSR count). The molecule has 0 aliphatic heterocycles. The van der Waals surface area contributed by atoms with Gasteiger partial charge in [0.05, 0.1) is 5.56 Å². The van der Waals surface area contributed by atoms with Crippen molar-refractivity contribution in [1.29, 1.82) is 0 Å². The molecule has 0 aromatic heterocycles. The fourth-order valence-corrected chi connectivity index (χ4v) is 2.97. The lowest BCUT2D eigenvalue weighted by Gasteiger charge is -2.14. The molecule has 0 aliphatic rings. The summed E-state index contributed by atoms with van der Waals surface area (Å²) in [6.45, 7) is 1.26. The SMILES string of the molecule is CC(=O)SC(C(=O)O)c1ccc(-c2ccccc2C(F)(F)F)cc1. The maximum Gasteiger partial charge on any atom is 0.417 e. The Balaban J connectivity index is 2.40. The first-order valence-corrected chi connectivity index (χ1v) is 7.74. The quantitative estimate of drug-likeness (QED) is 0.859. The molecule has 1 unspecified atom stereocenters. The van der Waals surface area contributed by atoms with Gasteiger partial charge in [-0.1, -0.05) is 54.2 Å². The number of halogens is 3. The molecule has 0 fully saturated rings. The van der Waals surface area contributed by atoms with E-state index in [0.29, 0.717) is 22.9 Å². The highest BCUT2D eigenvalue weighted by molar-refractivity contribution is 8.14. The number of carbonyl (C=O) groups is 2. The summed E-state index contributed by atoms with van der Waals surface area (Å²) in [5.74, 6) is -1.18. The van der Waals surface area contributed by atoms with Gasteiger partial charge >= 0.3 is 12.1 Å². The van der Waals surface area contributed by atoms with E-state index in [9.17, 15) is 27.9 Å². The van der Waals surface area contributed by atoms with Crippen LogP contribution in [-0.2, 0) is 15.8 Å². The zero-order valence-corrected chi connectivity index (χ0v) is 13.3. The molecular weight excluding hydrogens is 341 g/mol. The molecule has 0 saturated carbocycles. The van der Waals surface area contributed by atoms with E-state index in [1.165, 1.54) is 49.4 Å². The molecule has 2 aromatic rings. The number of rotatable bonds is 4.